The Kier molecular flexibility index (Phi) is 5.62. The summed E-state index contributed by atoms with van der Waals surface area (Å²) in [7, 11) is 0. The molecule has 21 heavy (non-hydrogen) atoms. The van der Waals surface area contributed by atoms with Crippen LogP contribution in [0.5, 0.6) is 0 Å². The molecule has 4 nitrogen and oxygen atoms in total. The number of alkyl halides is 2. The van der Waals surface area contributed by atoms with Crippen LogP contribution in [0.25, 0.3) is 0 Å². The van der Waals surface area contributed by atoms with E-state index in [4.69, 9.17) is 11.6 Å². The van der Waals surface area contributed by atoms with Crippen LogP contribution in [0.4, 0.5) is 26.0 Å². The maximum Gasteiger partial charge on any atom is 0.277 e. The number of rotatable bonds is 5. The van der Waals surface area contributed by atoms with Crippen LogP contribution in [0.3, 0.4) is 0 Å². The first kappa shape index (κ1) is 16.7. The Balaban J connectivity index is 2.44. The highest BCUT2D eigenvalue weighted by Gasteiger charge is 2.37. The Morgan fingerprint density at radius 2 is 2.43 bits per heavy atom. The summed E-state index contributed by atoms with van der Waals surface area (Å²) >= 11 is 8.06. The topological polar surface area (TPSA) is 40.2 Å². The molecule has 0 amide bonds. The number of hydrogen-bond acceptors (Lipinski definition) is 4. The second-order valence-electron chi connectivity index (χ2n) is 4.28. The first-order chi connectivity index (χ1) is 9.97. The monoisotopic (exact) mass is 444 g/mol. The molecule has 2 atom stereocenters. The van der Waals surface area contributed by atoms with Crippen molar-refractivity contribution in [2.24, 2.45) is 0 Å². The molecule has 1 aromatic heterocycles. The number of halogens is 4. The van der Waals surface area contributed by atoms with Gasteiger partial charge in [0, 0.05) is 18.1 Å². The second-order valence-corrected chi connectivity index (χ2v) is 6.77. The first-order valence-corrected chi connectivity index (χ1v) is 10.4. The van der Waals surface area contributed by atoms with Crippen molar-refractivity contribution in [2.75, 3.05) is 15.3 Å². The van der Waals surface area contributed by atoms with Crippen molar-refractivity contribution < 1.29 is 8.78 Å². The highest BCUT2D eigenvalue weighted by atomic mass is 127. The Labute approximate surface area is 141 Å². The third-order valence-corrected chi connectivity index (χ3v) is 5.22. The summed E-state index contributed by atoms with van der Waals surface area (Å²) in [6.07, 6.45) is -0.0862. The molecule has 0 saturated heterocycles. The zero-order chi connectivity index (χ0) is 15.6. The van der Waals surface area contributed by atoms with Crippen LogP contribution in [0.15, 0.2) is 30.5 Å². The minimum atomic E-state index is -2.53. The van der Waals surface area contributed by atoms with Crippen LogP contribution in [-0.2, 0) is 0 Å². The van der Waals surface area contributed by atoms with E-state index >= 15 is 0 Å². The van der Waals surface area contributed by atoms with Gasteiger partial charge in [0.05, 0.1) is 5.69 Å². The summed E-state index contributed by atoms with van der Waals surface area (Å²) in [5, 5.41) is 6.19. The van der Waals surface area contributed by atoms with Gasteiger partial charge in [0.25, 0.3) is 6.43 Å². The summed E-state index contributed by atoms with van der Waals surface area (Å²) in [5.41, 5.74) is 1.97. The highest BCUT2D eigenvalue weighted by molar-refractivity contribution is 14.2. The molecular formula is C12H13ClF2IN4P. The highest BCUT2D eigenvalue weighted by Crippen LogP contribution is 2.48. The summed E-state index contributed by atoms with van der Waals surface area (Å²) < 4.78 is 27.8. The van der Waals surface area contributed by atoms with Gasteiger partial charge in [0.2, 0.25) is 0 Å². The Morgan fingerprint density at radius 3 is 3.00 bits per heavy atom. The lowest BCUT2D eigenvalue weighted by Crippen LogP contribution is -2.35. The Hall–Kier alpha value is -0.660. The third-order valence-electron chi connectivity index (χ3n) is 2.80. The van der Waals surface area contributed by atoms with Crippen molar-refractivity contribution >= 4 is 57.2 Å². The quantitative estimate of drug-likeness (QED) is 0.290. The minimum Gasteiger partial charge on any atom is -0.357 e. The van der Waals surface area contributed by atoms with E-state index in [1.807, 2.05) is 29.0 Å². The summed E-state index contributed by atoms with van der Waals surface area (Å²) in [6, 6.07) is 1.61. The van der Waals surface area contributed by atoms with E-state index < -0.39 is 12.6 Å². The van der Waals surface area contributed by atoms with Gasteiger partial charge >= 0.3 is 0 Å². The minimum absolute atomic E-state index is 0.122. The van der Waals surface area contributed by atoms with Gasteiger partial charge in [0.15, 0.2) is 12.0 Å². The summed E-state index contributed by atoms with van der Waals surface area (Å²) in [5.74, 6) is 0.439. The average molecular weight is 445 g/mol. The largest absolute Gasteiger partial charge is 0.357 e. The molecule has 2 N–H and O–H groups in total. The van der Waals surface area contributed by atoms with Crippen molar-refractivity contribution in [1.29, 1.82) is 0 Å². The van der Waals surface area contributed by atoms with Crippen LogP contribution in [0, 0.1) is 0 Å². The van der Waals surface area contributed by atoms with Gasteiger partial charge in [-0.05, 0) is 35.0 Å². The van der Waals surface area contributed by atoms with Crippen LogP contribution in [0.2, 0.25) is 5.15 Å². The maximum atomic E-state index is 13.1. The zero-order valence-corrected chi connectivity index (χ0v) is 14.9. The number of pyridine rings is 1. The molecule has 0 aromatic carbocycles. The van der Waals surface area contributed by atoms with Gasteiger partial charge in [-0.1, -0.05) is 24.3 Å². The molecule has 1 aromatic rings. The van der Waals surface area contributed by atoms with E-state index in [0.29, 0.717) is 17.2 Å². The first-order valence-electron chi connectivity index (χ1n) is 5.95. The lowest BCUT2D eigenvalue weighted by Gasteiger charge is -2.22. The molecule has 9 heteroatoms. The lowest BCUT2D eigenvalue weighted by molar-refractivity contribution is 0.130. The fourth-order valence-electron chi connectivity index (χ4n) is 1.96. The van der Waals surface area contributed by atoms with E-state index in [0.717, 1.165) is 5.70 Å². The number of aromatic nitrogens is 1. The molecule has 0 saturated carbocycles. The van der Waals surface area contributed by atoms with E-state index in [-0.39, 0.29) is 11.5 Å². The predicted octanol–water partition coefficient (Wildman–Crippen LogP) is 5.00. The number of fused-ring (bicyclic) bond motifs is 1. The van der Waals surface area contributed by atoms with E-state index in [1.54, 1.807) is 18.2 Å². The number of anilines is 3. The second kappa shape index (κ2) is 7.07. The van der Waals surface area contributed by atoms with E-state index in [2.05, 4.69) is 22.2 Å². The maximum absolute atomic E-state index is 13.1. The van der Waals surface area contributed by atoms with Gasteiger partial charge in [-0.3, -0.25) is 0 Å². The van der Waals surface area contributed by atoms with Crippen molar-refractivity contribution in [3.8, 4) is 0 Å². The molecule has 2 rings (SSSR count). The summed E-state index contributed by atoms with van der Waals surface area (Å²) in [6.45, 7) is 5.46. The number of allylic oxidation sites excluding steroid dienone is 3. The van der Waals surface area contributed by atoms with Crippen LogP contribution in [-0.4, -0.2) is 17.6 Å². The zero-order valence-electron chi connectivity index (χ0n) is 11.0. The van der Waals surface area contributed by atoms with Crippen LogP contribution in [0.1, 0.15) is 6.92 Å². The SMILES string of the molecule is C=C/C=C(\C)Nc1cc(Cl)nc2c1NC(C(F)F)N2PI. The predicted molar refractivity (Wildman–Crippen MR) is 95.1 cm³/mol. The summed E-state index contributed by atoms with van der Waals surface area (Å²) in [4.78, 5) is 4.17. The number of nitrogens with zero attached hydrogens (tertiary/aromatic N) is 2. The molecule has 0 fully saturated rings. The molecule has 1 aliphatic heterocycles. The van der Waals surface area contributed by atoms with Crippen molar-refractivity contribution in [1.82, 2.24) is 4.98 Å². The van der Waals surface area contributed by atoms with Gasteiger partial charge in [-0.25, -0.2) is 13.8 Å². The molecule has 0 spiro atoms. The third kappa shape index (κ3) is 3.57. The molecule has 0 radical (unpaired) electrons. The van der Waals surface area contributed by atoms with E-state index in [9.17, 15) is 8.78 Å². The average Bonchev–Trinajstić information content (AvgIpc) is 2.77. The fraction of sp³-hybridized carbons (Fsp3) is 0.250. The van der Waals surface area contributed by atoms with Gasteiger partial charge in [-0.2, -0.15) is 0 Å². The molecule has 114 valence electrons. The van der Waals surface area contributed by atoms with E-state index in [1.165, 1.54) is 4.67 Å². The Bertz CT molecular complexity index is 585. The van der Waals surface area contributed by atoms with Crippen molar-refractivity contribution in [3.05, 3.63) is 35.6 Å². The smallest absolute Gasteiger partial charge is 0.277 e. The molecular weight excluding hydrogens is 431 g/mol. The number of hydrogen-bond donors (Lipinski definition) is 2. The molecule has 2 unspecified atom stereocenters. The van der Waals surface area contributed by atoms with Crippen LogP contribution >= 0.6 is 40.0 Å². The molecule has 1 aliphatic rings. The standard InChI is InChI=1S/C12H13ClF2IN4P/c1-3-4-6(2)17-7-5-8(13)18-11-9(7)19-12(10(14)15)20(11)21-16/h3-5,10,12,19,21H,1H2,2H3,(H,17,18)/b6-4+. The van der Waals surface area contributed by atoms with Gasteiger partial charge in [0.1, 0.15) is 10.8 Å². The Morgan fingerprint density at radius 1 is 1.71 bits per heavy atom. The van der Waals surface area contributed by atoms with Crippen molar-refractivity contribution in [2.45, 2.75) is 19.5 Å². The van der Waals surface area contributed by atoms with Crippen LogP contribution < -0.4 is 15.3 Å². The fourth-order valence-corrected chi connectivity index (χ4v) is 4.26. The molecule has 0 aliphatic carbocycles. The normalized spacial score (nSPS) is 18.3. The lowest BCUT2D eigenvalue weighted by atomic mass is 10.3. The van der Waals surface area contributed by atoms with Gasteiger partial charge < -0.3 is 15.3 Å². The van der Waals surface area contributed by atoms with Crippen molar-refractivity contribution in [3.63, 3.8) is 0 Å². The molecule has 0 bridgehead atoms. The van der Waals surface area contributed by atoms with Gasteiger partial charge in [-0.15, -0.1) is 0 Å². The molecule has 2 heterocycles. The number of nitrogens with one attached hydrogen (secondary N) is 2.